The van der Waals surface area contributed by atoms with Crippen LogP contribution in [0.4, 0.5) is 0 Å². The number of fused-ring (bicyclic) bond motifs is 1. The van der Waals surface area contributed by atoms with Crippen LogP contribution in [0.25, 0.3) is 10.8 Å². The molecule has 2 rings (SSSR count). The van der Waals surface area contributed by atoms with E-state index in [1.807, 2.05) is 0 Å². The molecular weight excluding hydrogens is 304 g/mol. The maximum atomic E-state index is 3.62. The van der Waals surface area contributed by atoms with Crippen molar-refractivity contribution in [3.63, 3.8) is 0 Å². The summed E-state index contributed by atoms with van der Waals surface area (Å²) in [4.78, 5) is 0. The Labute approximate surface area is 101 Å². The first-order chi connectivity index (χ1) is 6.59. The molecule has 0 bridgehead atoms. The fraction of sp³-hybridized carbons (Fsp3) is 0.167. The number of hydrogen-bond acceptors (Lipinski definition) is 0. The second-order valence-corrected chi connectivity index (χ2v) is 7.65. The van der Waals surface area contributed by atoms with Gasteiger partial charge in [-0.1, -0.05) is 74.3 Å². The van der Waals surface area contributed by atoms with Gasteiger partial charge in [0.1, 0.15) is 3.23 Å². The standard InChI is InChI=1S/C12H10Br2/c1-12(13,14)11-8-4-6-9-5-2-3-7-10(9)11/h2-8H,1H3. The van der Waals surface area contributed by atoms with Crippen molar-refractivity contribution in [2.75, 3.05) is 0 Å². The second-order valence-electron chi connectivity index (χ2n) is 3.42. The summed E-state index contributed by atoms with van der Waals surface area (Å²) < 4.78 is -0.152. The Morgan fingerprint density at radius 1 is 0.929 bits per heavy atom. The Morgan fingerprint density at radius 2 is 1.57 bits per heavy atom. The summed E-state index contributed by atoms with van der Waals surface area (Å²) >= 11 is 7.25. The van der Waals surface area contributed by atoms with Crippen molar-refractivity contribution < 1.29 is 0 Å². The first-order valence-electron chi connectivity index (χ1n) is 4.45. The van der Waals surface area contributed by atoms with E-state index in [9.17, 15) is 0 Å². The molecule has 0 radical (unpaired) electrons. The van der Waals surface area contributed by atoms with Crippen molar-refractivity contribution in [2.24, 2.45) is 0 Å². The van der Waals surface area contributed by atoms with Crippen LogP contribution in [0.2, 0.25) is 0 Å². The topological polar surface area (TPSA) is 0 Å². The highest BCUT2D eigenvalue weighted by atomic mass is 79.9. The lowest BCUT2D eigenvalue weighted by molar-refractivity contribution is 1.08. The van der Waals surface area contributed by atoms with Crippen LogP contribution in [0, 0.1) is 0 Å². The van der Waals surface area contributed by atoms with Gasteiger partial charge in [0.25, 0.3) is 0 Å². The summed E-state index contributed by atoms with van der Waals surface area (Å²) in [6.07, 6.45) is 0. The zero-order valence-corrected chi connectivity index (χ0v) is 11.0. The van der Waals surface area contributed by atoms with E-state index in [2.05, 4.69) is 81.2 Å². The van der Waals surface area contributed by atoms with Crippen LogP contribution in [-0.4, -0.2) is 0 Å². The van der Waals surface area contributed by atoms with Crippen molar-refractivity contribution >= 4 is 42.6 Å². The SMILES string of the molecule is CC(Br)(Br)c1cccc2ccccc12. The Hall–Kier alpha value is -0.340. The van der Waals surface area contributed by atoms with Crippen molar-refractivity contribution in [3.05, 3.63) is 48.0 Å². The first kappa shape index (κ1) is 10.2. The summed E-state index contributed by atoms with van der Waals surface area (Å²) in [5, 5.41) is 2.56. The van der Waals surface area contributed by atoms with Gasteiger partial charge in [0.2, 0.25) is 0 Å². The summed E-state index contributed by atoms with van der Waals surface area (Å²) in [6.45, 7) is 2.09. The van der Waals surface area contributed by atoms with Crippen LogP contribution < -0.4 is 0 Å². The third-order valence-corrected chi connectivity index (χ3v) is 3.12. The minimum absolute atomic E-state index is 0.152. The minimum atomic E-state index is -0.152. The smallest absolute Gasteiger partial charge is 0.0677 e. The second kappa shape index (κ2) is 3.67. The van der Waals surface area contributed by atoms with Crippen molar-refractivity contribution in [2.45, 2.75) is 10.2 Å². The van der Waals surface area contributed by atoms with Crippen LogP contribution in [0.3, 0.4) is 0 Å². The molecule has 0 fully saturated rings. The lowest BCUT2D eigenvalue weighted by atomic mass is 10.0. The van der Waals surface area contributed by atoms with Gasteiger partial charge in [0.05, 0.1) is 0 Å². The van der Waals surface area contributed by atoms with Crippen molar-refractivity contribution in [1.82, 2.24) is 0 Å². The molecule has 0 saturated heterocycles. The number of hydrogen-bond donors (Lipinski definition) is 0. The number of rotatable bonds is 1. The molecule has 0 atom stereocenters. The number of alkyl halides is 2. The van der Waals surface area contributed by atoms with E-state index in [0.29, 0.717) is 0 Å². The number of benzene rings is 2. The van der Waals surface area contributed by atoms with Gasteiger partial charge in [-0.25, -0.2) is 0 Å². The van der Waals surface area contributed by atoms with Crippen LogP contribution >= 0.6 is 31.9 Å². The van der Waals surface area contributed by atoms with Crippen molar-refractivity contribution in [1.29, 1.82) is 0 Å². The molecule has 0 nitrogen and oxygen atoms in total. The molecule has 0 unspecified atom stereocenters. The molecule has 0 aliphatic heterocycles. The van der Waals surface area contributed by atoms with E-state index >= 15 is 0 Å². The summed E-state index contributed by atoms with van der Waals surface area (Å²) in [5.41, 5.74) is 1.26. The third-order valence-electron chi connectivity index (χ3n) is 2.26. The van der Waals surface area contributed by atoms with E-state index < -0.39 is 0 Å². The highest BCUT2D eigenvalue weighted by molar-refractivity contribution is 9.24. The predicted molar refractivity (Wildman–Crippen MR) is 69.2 cm³/mol. The minimum Gasteiger partial charge on any atom is -0.0677 e. The molecular formula is C12H10Br2. The van der Waals surface area contributed by atoms with E-state index in [-0.39, 0.29) is 3.23 Å². The van der Waals surface area contributed by atoms with Gasteiger partial charge in [-0.2, -0.15) is 0 Å². The molecule has 0 amide bonds. The van der Waals surface area contributed by atoms with E-state index in [4.69, 9.17) is 0 Å². The lowest BCUT2D eigenvalue weighted by Crippen LogP contribution is -2.02. The molecule has 0 saturated carbocycles. The molecule has 2 heteroatoms. The van der Waals surface area contributed by atoms with Gasteiger partial charge in [-0.15, -0.1) is 0 Å². The van der Waals surface area contributed by atoms with E-state index in [1.165, 1.54) is 16.3 Å². The van der Waals surface area contributed by atoms with Crippen LogP contribution in [0.1, 0.15) is 12.5 Å². The predicted octanol–water partition coefficient (Wildman–Crippen LogP) is 4.80. The third kappa shape index (κ3) is 1.86. The largest absolute Gasteiger partial charge is 0.103 e. The zero-order valence-electron chi connectivity index (χ0n) is 7.80. The summed E-state index contributed by atoms with van der Waals surface area (Å²) in [7, 11) is 0. The Bertz CT molecular complexity index is 450. The van der Waals surface area contributed by atoms with Gasteiger partial charge in [-0.05, 0) is 23.3 Å². The molecule has 0 aromatic heterocycles. The molecule has 14 heavy (non-hydrogen) atoms. The monoisotopic (exact) mass is 312 g/mol. The van der Waals surface area contributed by atoms with Crippen LogP contribution in [0.5, 0.6) is 0 Å². The Morgan fingerprint density at radius 3 is 2.29 bits per heavy atom. The summed E-state index contributed by atoms with van der Waals surface area (Å²) in [5.74, 6) is 0. The Balaban J connectivity index is 2.78. The number of halogens is 2. The average Bonchev–Trinajstić information content (AvgIpc) is 2.15. The molecule has 0 N–H and O–H groups in total. The molecule has 2 aromatic carbocycles. The van der Waals surface area contributed by atoms with E-state index in [0.717, 1.165) is 0 Å². The van der Waals surface area contributed by atoms with Gasteiger partial charge >= 0.3 is 0 Å². The molecule has 0 aliphatic rings. The van der Waals surface area contributed by atoms with Gasteiger partial charge in [0, 0.05) is 0 Å². The van der Waals surface area contributed by atoms with Crippen LogP contribution in [-0.2, 0) is 3.23 Å². The fourth-order valence-electron chi connectivity index (χ4n) is 1.61. The molecule has 2 aromatic rings. The lowest BCUT2D eigenvalue weighted by Gasteiger charge is -2.17. The molecule has 0 aliphatic carbocycles. The average molecular weight is 314 g/mol. The Kier molecular flexibility index (Phi) is 2.67. The molecule has 0 spiro atoms. The van der Waals surface area contributed by atoms with E-state index in [1.54, 1.807) is 0 Å². The highest BCUT2D eigenvalue weighted by Gasteiger charge is 2.20. The highest BCUT2D eigenvalue weighted by Crippen LogP contribution is 2.40. The summed E-state index contributed by atoms with van der Waals surface area (Å²) in [6, 6.07) is 14.7. The zero-order chi connectivity index (χ0) is 10.2. The van der Waals surface area contributed by atoms with Gasteiger partial charge < -0.3 is 0 Å². The van der Waals surface area contributed by atoms with Crippen LogP contribution in [0.15, 0.2) is 42.5 Å². The fourth-order valence-corrected chi connectivity index (χ4v) is 2.30. The van der Waals surface area contributed by atoms with Gasteiger partial charge in [-0.3, -0.25) is 0 Å². The first-order valence-corrected chi connectivity index (χ1v) is 6.04. The normalized spacial score (nSPS) is 11.9. The maximum Gasteiger partial charge on any atom is 0.103 e. The maximum absolute atomic E-state index is 3.62. The van der Waals surface area contributed by atoms with Gasteiger partial charge in [0.15, 0.2) is 0 Å². The quantitative estimate of drug-likeness (QED) is 0.663. The van der Waals surface area contributed by atoms with Crippen molar-refractivity contribution in [3.8, 4) is 0 Å². The molecule has 72 valence electrons. The molecule has 0 heterocycles.